The molecule has 1 unspecified atom stereocenters. The third-order valence-electron chi connectivity index (χ3n) is 2.94. The number of nitrogens with two attached hydrogens (primary N) is 1. The normalized spacial score (nSPS) is 18.9. The maximum absolute atomic E-state index is 11.1. The molecule has 96 valence electrons. The predicted molar refractivity (Wildman–Crippen MR) is 65.7 cm³/mol. The number of aromatic nitrogens is 1. The van der Waals surface area contributed by atoms with Crippen molar-refractivity contribution in [2.45, 2.75) is 6.42 Å². The molecule has 2 heterocycles. The number of halogens is 1. The van der Waals surface area contributed by atoms with E-state index in [2.05, 4.69) is 4.98 Å². The molecule has 1 aromatic rings. The Morgan fingerprint density at radius 1 is 1.50 bits per heavy atom. The first kappa shape index (κ1) is 12.6. The van der Waals surface area contributed by atoms with E-state index in [1.165, 1.54) is 12.1 Å². The lowest BCUT2D eigenvalue weighted by Gasteiger charge is -2.17. The summed E-state index contributed by atoms with van der Waals surface area (Å²) in [6, 6.07) is 2.73. The first-order valence-corrected chi connectivity index (χ1v) is 5.80. The maximum atomic E-state index is 11.1. The molecular formula is C11H12ClN3O3. The fraction of sp³-hybridized carbons (Fsp3) is 0.364. The number of carboxylic acids is 1. The van der Waals surface area contributed by atoms with E-state index in [1.54, 1.807) is 0 Å². The zero-order valence-corrected chi connectivity index (χ0v) is 10.2. The lowest BCUT2D eigenvalue weighted by molar-refractivity contribution is -0.121. The van der Waals surface area contributed by atoms with Gasteiger partial charge in [0, 0.05) is 13.1 Å². The highest BCUT2D eigenvalue weighted by molar-refractivity contribution is 6.29. The number of pyridine rings is 1. The van der Waals surface area contributed by atoms with Crippen LogP contribution < -0.4 is 10.6 Å². The zero-order chi connectivity index (χ0) is 13.3. The van der Waals surface area contributed by atoms with Crippen LogP contribution in [0, 0.1) is 5.92 Å². The monoisotopic (exact) mass is 269 g/mol. The van der Waals surface area contributed by atoms with Crippen LogP contribution in [0.2, 0.25) is 5.15 Å². The van der Waals surface area contributed by atoms with Crippen molar-refractivity contribution >= 4 is 29.3 Å². The van der Waals surface area contributed by atoms with Crippen LogP contribution in [0.1, 0.15) is 16.8 Å². The summed E-state index contributed by atoms with van der Waals surface area (Å²) in [4.78, 5) is 27.9. The minimum Gasteiger partial charge on any atom is -0.478 e. The quantitative estimate of drug-likeness (QED) is 0.789. The maximum Gasteiger partial charge on any atom is 0.335 e. The van der Waals surface area contributed by atoms with Gasteiger partial charge in [0.1, 0.15) is 11.0 Å². The standard InChI is InChI=1S/C11H12ClN3O3/c12-8-3-7(11(17)18)4-9(14-8)15-2-1-6(5-15)10(13)16/h3-4,6H,1-2,5H2,(H2,13,16)(H,17,18). The number of carboxylic acid groups (broad SMARTS) is 1. The first-order valence-electron chi connectivity index (χ1n) is 5.42. The third kappa shape index (κ3) is 2.53. The molecule has 0 bridgehead atoms. The molecule has 18 heavy (non-hydrogen) atoms. The number of hydrogen-bond acceptors (Lipinski definition) is 4. The minimum absolute atomic E-state index is 0.0764. The van der Waals surface area contributed by atoms with Crippen LogP contribution in [-0.2, 0) is 4.79 Å². The third-order valence-corrected chi connectivity index (χ3v) is 3.14. The van der Waals surface area contributed by atoms with Gasteiger partial charge in [-0.3, -0.25) is 4.79 Å². The molecule has 0 aliphatic carbocycles. The molecule has 6 nitrogen and oxygen atoms in total. The number of primary amides is 1. The van der Waals surface area contributed by atoms with Gasteiger partial charge >= 0.3 is 5.97 Å². The summed E-state index contributed by atoms with van der Waals surface area (Å²) in [6.45, 7) is 1.06. The van der Waals surface area contributed by atoms with Crippen molar-refractivity contribution in [2.24, 2.45) is 11.7 Å². The van der Waals surface area contributed by atoms with Gasteiger partial charge in [0.25, 0.3) is 0 Å². The molecule has 1 amide bonds. The molecule has 1 aliphatic rings. The van der Waals surface area contributed by atoms with E-state index in [4.69, 9.17) is 22.4 Å². The zero-order valence-electron chi connectivity index (χ0n) is 9.47. The summed E-state index contributed by atoms with van der Waals surface area (Å²) in [5, 5.41) is 9.06. The fourth-order valence-electron chi connectivity index (χ4n) is 1.97. The Morgan fingerprint density at radius 2 is 2.22 bits per heavy atom. The van der Waals surface area contributed by atoms with Crippen LogP contribution in [0.5, 0.6) is 0 Å². The molecule has 0 aromatic carbocycles. The second-order valence-electron chi connectivity index (χ2n) is 4.18. The molecule has 1 aromatic heterocycles. The molecule has 0 spiro atoms. The topological polar surface area (TPSA) is 96.5 Å². The predicted octanol–water partition coefficient (Wildman–Crippen LogP) is 0.745. The highest BCUT2D eigenvalue weighted by Crippen LogP contribution is 2.24. The smallest absolute Gasteiger partial charge is 0.335 e. The van der Waals surface area contributed by atoms with Crippen molar-refractivity contribution in [2.75, 3.05) is 18.0 Å². The van der Waals surface area contributed by atoms with Gasteiger partial charge in [-0.1, -0.05) is 11.6 Å². The molecule has 0 radical (unpaired) electrons. The average Bonchev–Trinajstić information content (AvgIpc) is 2.77. The summed E-state index contributed by atoms with van der Waals surface area (Å²) in [5.74, 6) is -1.17. The van der Waals surface area contributed by atoms with Crippen molar-refractivity contribution in [1.29, 1.82) is 0 Å². The summed E-state index contributed by atoms with van der Waals surface area (Å²) in [7, 11) is 0. The van der Waals surface area contributed by atoms with Crippen LogP contribution >= 0.6 is 11.6 Å². The first-order chi connectivity index (χ1) is 8.47. The van der Waals surface area contributed by atoms with Crippen LogP contribution in [0.15, 0.2) is 12.1 Å². The van der Waals surface area contributed by atoms with Crippen molar-refractivity contribution in [3.8, 4) is 0 Å². The molecule has 1 aliphatic heterocycles. The van der Waals surface area contributed by atoms with E-state index >= 15 is 0 Å². The minimum atomic E-state index is -1.06. The summed E-state index contributed by atoms with van der Waals surface area (Å²) in [6.07, 6.45) is 0.645. The van der Waals surface area contributed by atoms with E-state index in [-0.39, 0.29) is 22.5 Å². The van der Waals surface area contributed by atoms with Gasteiger partial charge in [-0.05, 0) is 18.6 Å². The summed E-state index contributed by atoms with van der Waals surface area (Å²) in [5.41, 5.74) is 5.32. The largest absolute Gasteiger partial charge is 0.478 e. The molecule has 7 heteroatoms. The van der Waals surface area contributed by atoms with Gasteiger partial charge in [0.2, 0.25) is 5.91 Å². The number of hydrogen-bond donors (Lipinski definition) is 2. The Bertz CT molecular complexity index is 506. The number of amides is 1. The Labute approximate surface area is 108 Å². The molecule has 1 fully saturated rings. The van der Waals surface area contributed by atoms with Gasteiger partial charge in [0.05, 0.1) is 11.5 Å². The number of nitrogens with zero attached hydrogens (tertiary/aromatic N) is 2. The molecule has 2 rings (SSSR count). The second-order valence-corrected chi connectivity index (χ2v) is 4.56. The van der Waals surface area contributed by atoms with Gasteiger partial charge in [-0.2, -0.15) is 0 Å². The lowest BCUT2D eigenvalue weighted by atomic mass is 10.1. The molecule has 0 saturated carbocycles. The average molecular weight is 270 g/mol. The Kier molecular flexibility index (Phi) is 3.38. The van der Waals surface area contributed by atoms with E-state index < -0.39 is 5.97 Å². The molecular weight excluding hydrogens is 258 g/mol. The van der Waals surface area contributed by atoms with Crippen molar-refractivity contribution in [3.63, 3.8) is 0 Å². The van der Waals surface area contributed by atoms with Crippen LogP contribution in [-0.4, -0.2) is 35.1 Å². The van der Waals surface area contributed by atoms with E-state index in [0.29, 0.717) is 25.3 Å². The number of carbonyl (C=O) groups excluding carboxylic acids is 1. The Balaban J connectivity index is 2.24. The van der Waals surface area contributed by atoms with Gasteiger partial charge < -0.3 is 15.7 Å². The van der Waals surface area contributed by atoms with Crippen LogP contribution in [0.25, 0.3) is 0 Å². The van der Waals surface area contributed by atoms with E-state index in [9.17, 15) is 9.59 Å². The molecule has 1 atom stereocenters. The Hall–Kier alpha value is -1.82. The van der Waals surface area contributed by atoms with Crippen LogP contribution in [0.4, 0.5) is 5.82 Å². The number of anilines is 1. The SMILES string of the molecule is NC(=O)C1CCN(c2cc(C(=O)O)cc(Cl)n2)C1. The lowest BCUT2D eigenvalue weighted by Crippen LogP contribution is -2.27. The number of aromatic carboxylic acids is 1. The fourth-order valence-corrected chi connectivity index (χ4v) is 2.17. The number of carbonyl (C=O) groups is 2. The van der Waals surface area contributed by atoms with Gasteiger partial charge in [-0.15, -0.1) is 0 Å². The Morgan fingerprint density at radius 3 is 2.78 bits per heavy atom. The van der Waals surface area contributed by atoms with Gasteiger partial charge in [0.15, 0.2) is 0 Å². The van der Waals surface area contributed by atoms with Crippen molar-refractivity contribution < 1.29 is 14.7 Å². The summed E-state index contributed by atoms with van der Waals surface area (Å²) >= 11 is 5.78. The van der Waals surface area contributed by atoms with E-state index in [0.717, 1.165) is 0 Å². The van der Waals surface area contributed by atoms with E-state index in [1.807, 2.05) is 4.90 Å². The van der Waals surface area contributed by atoms with Crippen molar-refractivity contribution in [3.05, 3.63) is 22.8 Å². The van der Waals surface area contributed by atoms with Crippen LogP contribution in [0.3, 0.4) is 0 Å². The molecule has 1 saturated heterocycles. The highest BCUT2D eigenvalue weighted by Gasteiger charge is 2.28. The number of rotatable bonds is 3. The summed E-state index contributed by atoms with van der Waals surface area (Å²) < 4.78 is 0. The highest BCUT2D eigenvalue weighted by atomic mass is 35.5. The molecule has 3 N–H and O–H groups in total. The van der Waals surface area contributed by atoms with Crippen molar-refractivity contribution in [1.82, 2.24) is 4.98 Å². The van der Waals surface area contributed by atoms with Gasteiger partial charge in [-0.25, -0.2) is 9.78 Å². The second kappa shape index (κ2) is 4.81.